The Kier molecular flexibility index (Phi) is 11.8. The number of rotatable bonds is 10. The Morgan fingerprint density at radius 1 is 1.06 bits per heavy atom. The standard InChI is InChI=1S/C41H68O3SSi2/c1-28-24-38(45-27-28)36(42)22-17-29(2)34-20-21-35-31(16-15-23-41(34,35)10)18-19-32-25-33(43-46(11,12)39(4,5)6)26-37(30(32)3)44-47(13,14)40(7,8)9/h18-19,24,27,29,33-35,37H,3,15-17,20-23,25-26H2,1-2,4-14H3/b31-18+,32-19-/t29-,33?,34-,35+,37?,41-/m1/s1. The van der Waals surface area contributed by atoms with Gasteiger partial charge in [-0.1, -0.05) is 79.7 Å². The van der Waals surface area contributed by atoms with Crippen molar-refractivity contribution in [3.05, 3.63) is 57.3 Å². The first-order valence-corrected chi connectivity index (χ1v) is 25.3. The van der Waals surface area contributed by atoms with Crippen LogP contribution in [-0.2, 0) is 8.85 Å². The van der Waals surface area contributed by atoms with Gasteiger partial charge in [-0.05, 0) is 139 Å². The van der Waals surface area contributed by atoms with E-state index in [9.17, 15) is 4.79 Å². The van der Waals surface area contributed by atoms with Crippen LogP contribution in [0.25, 0.3) is 0 Å². The van der Waals surface area contributed by atoms with E-state index in [-0.39, 0.29) is 22.3 Å². The number of Topliss-reactive ketones (excluding diaryl/α,β-unsaturated/α-hetero) is 1. The highest BCUT2D eigenvalue weighted by molar-refractivity contribution is 7.12. The molecule has 3 fully saturated rings. The number of aryl methyl sites for hydroxylation is 1. The van der Waals surface area contributed by atoms with Crippen LogP contribution in [0.5, 0.6) is 0 Å². The number of thiophene rings is 1. The number of ketones is 1. The normalized spacial score (nSPS) is 30.2. The summed E-state index contributed by atoms with van der Waals surface area (Å²) >= 11 is 1.60. The molecule has 6 heteroatoms. The van der Waals surface area contributed by atoms with E-state index in [0.717, 1.165) is 24.1 Å². The molecule has 3 aliphatic carbocycles. The lowest BCUT2D eigenvalue weighted by molar-refractivity contribution is 0.0857. The van der Waals surface area contributed by atoms with Gasteiger partial charge in [0, 0.05) is 12.8 Å². The average molecular weight is 697 g/mol. The Bertz CT molecular complexity index is 1350. The van der Waals surface area contributed by atoms with Crippen molar-refractivity contribution in [1.29, 1.82) is 0 Å². The number of carbonyl (C=O) groups is 1. The first-order valence-electron chi connectivity index (χ1n) is 18.6. The topological polar surface area (TPSA) is 35.5 Å². The Morgan fingerprint density at radius 2 is 1.70 bits per heavy atom. The quantitative estimate of drug-likeness (QED) is 0.180. The molecule has 6 atom stereocenters. The van der Waals surface area contributed by atoms with Crippen molar-refractivity contribution in [3.8, 4) is 0 Å². The van der Waals surface area contributed by atoms with Gasteiger partial charge in [-0.15, -0.1) is 11.3 Å². The van der Waals surface area contributed by atoms with E-state index in [0.29, 0.717) is 35.4 Å². The molecular formula is C41H68O3SSi2. The maximum atomic E-state index is 12.9. The lowest BCUT2D eigenvalue weighted by Crippen LogP contribution is -2.49. The smallest absolute Gasteiger partial charge is 0.192 e. The molecule has 0 aliphatic heterocycles. The van der Waals surface area contributed by atoms with Gasteiger partial charge in [-0.25, -0.2) is 0 Å². The lowest BCUT2D eigenvalue weighted by atomic mass is 9.60. The summed E-state index contributed by atoms with van der Waals surface area (Å²) in [5.74, 6) is 2.19. The fourth-order valence-corrected chi connectivity index (χ4v) is 11.8. The van der Waals surface area contributed by atoms with E-state index >= 15 is 0 Å². The minimum atomic E-state index is -1.99. The molecule has 0 bridgehead atoms. The summed E-state index contributed by atoms with van der Waals surface area (Å²) in [7, 11) is -3.93. The van der Waals surface area contributed by atoms with E-state index in [4.69, 9.17) is 8.85 Å². The molecule has 3 nitrogen and oxygen atoms in total. The molecule has 0 N–H and O–H groups in total. The number of allylic oxidation sites excluding steroid dienone is 3. The molecule has 264 valence electrons. The summed E-state index contributed by atoms with van der Waals surface area (Å²) in [4.78, 5) is 13.9. The Morgan fingerprint density at radius 3 is 2.30 bits per heavy atom. The summed E-state index contributed by atoms with van der Waals surface area (Å²) in [5.41, 5.74) is 5.64. The number of hydrogen-bond donors (Lipinski definition) is 0. The second-order valence-corrected chi connectivity index (χ2v) is 29.2. The molecule has 0 spiro atoms. The molecule has 47 heavy (non-hydrogen) atoms. The van der Waals surface area contributed by atoms with Crippen molar-refractivity contribution in [2.45, 2.75) is 169 Å². The van der Waals surface area contributed by atoms with E-state index in [2.05, 4.69) is 119 Å². The van der Waals surface area contributed by atoms with Crippen molar-refractivity contribution in [2.75, 3.05) is 0 Å². The SMILES string of the molecule is C=C1/C(=C\C=C2/CCC[C@]3(C)[C@@H]([C@H](C)CCC(=O)c4cc(C)cs4)CC[C@@H]23)CC(O[Si](C)(C)C(C)(C)C)CC1O[Si](C)(C)C(C)(C)C. The predicted octanol–water partition coefficient (Wildman–Crippen LogP) is 12.9. The minimum absolute atomic E-state index is 0.0122. The molecule has 0 saturated heterocycles. The highest BCUT2D eigenvalue weighted by atomic mass is 32.1. The largest absolute Gasteiger partial charge is 0.413 e. The summed E-state index contributed by atoms with van der Waals surface area (Å²) in [5, 5.41) is 2.41. The second-order valence-electron chi connectivity index (χ2n) is 18.8. The summed E-state index contributed by atoms with van der Waals surface area (Å²) < 4.78 is 14.2. The molecular weight excluding hydrogens is 629 g/mol. The lowest BCUT2D eigenvalue weighted by Gasteiger charge is -2.46. The summed E-state index contributed by atoms with van der Waals surface area (Å²) in [6.07, 6.45) is 14.9. The van der Waals surface area contributed by atoms with E-state index in [1.54, 1.807) is 16.9 Å². The zero-order chi connectivity index (χ0) is 35.2. The Labute approximate surface area is 295 Å². The second kappa shape index (κ2) is 14.3. The van der Waals surface area contributed by atoms with Crippen LogP contribution in [0.3, 0.4) is 0 Å². The van der Waals surface area contributed by atoms with Crippen molar-refractivity contribution >= 4 is 33.8 Å². The van der Waals surface area contributed by atoms with Gasteiger partial charge in [0.05, 0.1) is 17.1 Å². The van der Waals surface area contributed by atoms with Crippen LogP contribution in [0, 0.1) is 30.1 Å². The molecule has 1 aromatic rings. The fourth-order valence-electron chi connectivity index (χ4n) is 8.24. The van der Waals surface area contributed by atoms with Crippen LogP contribution in [0.2, 0.25) is 36.3 Å². The molecule has 1 heterocycles. The molecule has 4 rings (SSSR count). The zero-order valence-electron chi connectivity index (χ0n) is 32.4. The van der Waals surface area contributed by atoms with Crippen LogP contribution < -0.4 is 0 Å². The van der Waals surface area contributed by atoms with Gasteiger partial charge in [0.1, 0.15) is 0 Å². The molecule has 2 unspecified atom stereocenters. The monoisotopic (exact) mass is 696 g/mol. The van der Waals surface area contributed by atoms with Crippen LogP contribution in [0.15, 0.2) is 46.9 Å². The van der Waals surface area contributed by atoms with Crippen molar-refractivity contribution in [1.82, 2.24) is 0 Å². The van der Waals surface area contributed by atoms with Gasteiger partial charge in [-0.2, -0.15) is 0 Å². The molecule has 0 radical (unpaired) electrons. The van der Waals surface area contributed by atoms with E-state index in [1.165, 1.54) is 48.8 Å². The maximum absolute atomic E-state index is 12.9. The van der Waals surface area contributed by atoms with Gasteiger partial charge in [0.15, 0.2) is 22.4 Å². The number of hydrogen-bond acceptors (Lipinski definition) is 4. The van der Waals surface area contributed by atoms with E-state index in [1.807, 2.05) is 0 Å². The van der Waals surface area contributed by atoms with Crippen LogP contribution in [0.1, 0.15) is 128 Å². The molecule has 3 saturated carbocycles. The minimum Gasteiger partial charge on any atom is -0.413 e. The van der Waals surface area contributed by atoms with Crippen molar-refractivity contribution < 1.29 is 13.6 Å². The predicted molar refractivity (Wildman–Crippen MR) is 209 cm³/mol. The molecule has 0 aromatic carbocycles. The zero-order valence-corrected chi connectivity index (χ0v) is 35.2. The van der Waals surface area contributed by atoms with Gasteiger partial charge >= 0.3 is 0 Å². The average Bonchev–Trinajstić information content (AvgIpc) is 3.54. The highest BCUT2D eigenvalue weighted by Crippen LogP contribution is 2.60. The first-order chi connectivity index (χ1) is 21.6. The van der Waals surface area contributed by atoms with Gasteiger partial charge in [0.25, 0.3) is 0 Å². The number of fused-ring (bicyclic) bond motifs is 1. The van der Waals surface area contributed by atoms with Gasteiger partial charge < -0.3 is 8.85 Å². The van der Waals surface area contributed by atoms with Gasteiger partial charge in [-0.3, -0.25) is 4.79 Å². The third kappa shape index (κ3) is 8.64. The molecule has 0 amide bonds. The Balaban J connectivity index is 1.54. The maximum Gasteiger partial charge on any atom is 0.192 e. The van der Waals surface area contributed by atoms with E-state index < -0.39 is 16.6 Å². The van der Waals surface area contributed by atoms with Crippen LogP contribution >= 0.6 is 11.3 Å². The van der Waals surface area contributed by atoms with Crippen LogP contribution in [0.4, 0.5) is 0 Å². The highest BCUT2D eigenvalue weighted by Gasteiger charge is 2.51. The van der Waals surface area contributed by atoms with Crippen LogP contribution in [-0.4, -0.2) is 34.6 Å². The third-order valence-corrected chi connectivity index (χ3v) is 23.4. The third-order valence-electron chi connectivity index (χ3n) is 13.3. The summed E-state index contributed by atoms with van der Waals surface area (Å²) in [6, 6.07) is 2.06. The first kappa shape index (κ1) is 38.7. The molecule has 3 aliphatic rings. The van der Waals surface area contributed by atoms with Gasteiger partial charge in [0.2, 0.25) is 0 Å². The Hall–Kier alpha value is -1.06. The van der Waals surface area contributed by atoms with Crippen molar-refractivity contribution in [2.24, 2.45) is 23.2 Å². The van der Waals surface area contributed by atoms with Crippen molar-refractivity contribution in [3.63, 3.8) is 0 Å². The molecule has 1 aromatic heterocycles. The fraction of sp³-hybridized carbons (Fsp3) is 0.732. The summed E-state index contributed by atoms with van der Waals surface area (Å²) in [6.45, 7) is 35.2. The number of carbonyl (C=O) groups excluding carboxylic acids is 1.